The van der Waals surface area contributed by atoms with Crippen molar-refractivity contribution in [1.29, 1.82) is 0 Å². The van der Waals surface area contributed by atoms with E-state index >= 15 is 0 Å². The normalized spacial score (nSPS) is 12.3. The van der Waals surface area contributed by atoms with Crippen LogP contribution in [0.3, 0.4) is 0 Å². The number of para-hydroxylation sites is 1. The van der Waals surface area contributed by atoms with Gasteiger partial charge in [0.2, 0.25) is 0 Å². The van der Waals surface area contributed by atoms with Gasteiger partial charge in [-0.3, -0.25) is 0 Å². The molecule has 0 aromatic heterocycles. The molecule has 1 heterocycles. The first-order chi connectivity index (χ1) is 4.97. The second-order valence-corrected chi connectivity index (χ2v) is 2.38. The maximum atomic E-state index is 5.39. The molecule has 3 heteroatoms. The fourth-order valence-electron chi connectivity index (χ4n) is 1.16. The van der Waals surface area contributed by atoms with Crippen molar-refractivity contribution in [3.63, 3.8) is 0 Å². The molecule has 0 spiro atoms. The van der Waals surface area contributed by atoms with E-state index in [2.05, 4.69) is 12.5 Å². The Balaban J connectivity index is 0.000000605. The van der Waals surface area contributed by atoms with Crippen LogP contribution in [0.5, 0.6) is 5.75 Å². The van der Waals surface area contributed by atoms with Crippen molar-refractivity contribution < 1.29 is 42.9 Å². The molecule has 12 heavy (non-hydrogen) atoms. The zero-order valence-corrected chi connectivity index (χ0v) is 9.62. The van der Waals surface area contributed by atoms with E-state index in [-0.39, 0.29) is 38.2 Å². The van der Waals surface area contributed by atoms with Gasteiger partial charge >= 0.3 is 0 Å². The zero-order chi connectivity index (χ0) is 6.81. The summed E-state index contributed by atoms with van der Waals surface area (Å²) in [6.45, 7) is 0.830. The van der Waals surface area contributed by atoms with Gasteiger partial charge in [-0.25, -0.2) is 0 Å². The molecule has 0 amide bonds. The van der Waals surface area contributed by atoms with Gasteiger partial charge in [0.15, 0.2) is 0 Å². The largest absolute Gasteiger partial charge is 0.551 e. The predicted molar refractivity (Wildman–Crippen MR) is 43.6 cm³/mol. The van der Waals surface area contributed by atoms with E-state index in [1.54, 1.807) is 0 Å². The van der Waals surface area contributed by atoms with E-state index in [4.69, 9.17) is 4.74 Å². The molecule has 0 aliphatic carbocycles. The van der Waals surface area contributed by atoms with E-state index in [9.17, 15) is 0 Å². The Morgan fingerprint density at radius 2 is 2.00 bits per heavy atom. The van der Waals surface area contributed by atoms with Crippen LogP contribution in [0.4, 0.5) is 0 Å². The van der Waals surface area contributed by atoms with Crippen molar-refractivity contribution in [1.82, 2.24) is 0 Å². The topological polar surface area (TPSA) is 40.7 Å². The molecule has 0 fully saturated rings. The standard InChI is InChI=1S/C9H9O.H2O.Y/c1-2-6-9-8(4-1)5-3-7-10-9;;/h1-2,4-6H,3,7H2;1H2;/q-1;;. The SMILES string of the molecule is O.[Y].c1ccc2c(c1)[CH-]CCO2. The van der Waals surface area contributed by atoms with Crippen molar-refractivity contribution >= 4 is 0 Å². The molecule has 1 aromatic rings. The van der Waals surface area contributed by atoms with Gasteiger partial charge in [0.25, 0.3) is 0 Å². The first-order valence-electron chi connectivity index (χ1n) is 3.52. The number of fused-ring (bicyclic) bond motifs is 1. The quantitative estimate of drug-likeness (QED) is 0.628. The molecule has 0 saturated carbocycles. The Bertz CT molecular complexity index is 213. The molecule has 1 radical (unpaired) electrons. The number of benzene rings is 1. The van der Waals surface area contributed by atoms with Gasteiger partial charge in [0.05, 0.1) is 6.61 Å². The Morgan fingerprint density at radius 1 is 1.25 bits per heavy atom. The van der Waals surface area contributed by atoms with Crippen LogP contribution in [0, 0.1) is 6.42 Å². The molecule has 2 rings (SSSR count). The van der Waals surface area contributed by atoms with Crippen molar-refractivity contribution in [2.45, 2.75) is 6.42 Å². The smallest absolute Gasteiger partial charge is 0.0645 e. The van der Waals surface area contributed by atoms with E-state index < -0.39 is 0 Å². The summed E-state index contributed by atoms with van der Waals surface area (Å²) in [5.41, 5.74) is 1.23. The van der Waals surface area contributed by atoms with Gasteiger partial charge in [-0.2, -0.15) is 18.1 Å². The summed E-state index contributed by atoms with van der Waals surface area (Å²) in [5.74, 6) is 1.02. The fraction of sp³-hybridized carbons (Fsp3) is 0.222. The molecular weight excluding hydrogens is 229 g/mol. The minimum absolute atomic E-state index is 0. The summed E-state index contributed by atoms with van der Waals surface area (Å²) in [6, 6.07) is 8.11. The van der Waals surface area contributed by atoms with Crippen LogP contribution < -0.4 is 4.74 Å². The van der Waals surface area contributed by atoms with Crippen LogP contribution in [-0.4, -0.2) is 12.1 Å². The summed E-state index contributed by atoms with van der Waals surface area (Å²) in [5, 5.41) is 0. The van der Waals surface area contributed by atoms with Gasteiger partial charge in [0.1, 0.15) is 0 Å². The number of hydrogen-bond acceptors (Lipinski definition) is 1. The second-order valence-electron chi connectivity index (χ2n) is 2.38. The Morgan fingerprint density at radius 3 is 2.75 bits per heavy atom. The summed E-state index contributed by atoms with van der Waals surface area (Å²) in [4.78, 5) is 0. The molecule has 1 aromatic carbocycles. The summed E-state index contributed by atoms with van der Waals surface area (Å²) >= 11 is 0. The maximum absolute atomic E-state index is 5.39. The van der Waals surface area contributed by atoms with E-state index in [1.165, 1.54) is 5.56 Å². The molecule has 0 atom stereocenters. The third kappa shape index (κ3) is 2.48. The fourth-order valence-corrected chi connectivity index (χ4v) is 1.16. The molecule has 2 N–H and O–H groups in total. The van der Waals surface area contributed by atoms with Gasteiger partial charge in [-0.15, -0.1) is 6.07 Å². The van der Waals surface area contributed by atoms with E-state index in [0.717, 1.165) is 18.8 Å². The molecule has 0 bridgehead atoms. The number of ether oxygens (including phenoxy) is 1. The minimum atomic E-state index is 0. The average Bonchev–Trinajstić information content (AvgIpc) is 2.05. The van der Waals surface area contributed by atoms with Gasteiger partial charge in [-0.05, 0) is 6.42 Å². The van der Waals surface area contributed by atoms with E-state index in [1.807, 2.05) is 18.2 Å². The van der Waals surface area contributed by atoms with Crippen LogP contribution >= 0.6 is 0 Å². The van der Waals surface area contributed by atoms with Crippen LogP contribution in [0.2, 0.25) is 0 Å². The van der Waals surface area contributed by atoms with Crippen molar-refractivity contribution in [2.24, 2.45) is 0 Å². The van der Waals surface area contributed by atoms with Crippen LogP contribution in [0.1, 0.15) is 12.0 Å². The Labute approximate surface area is 97.5 Å². The summed E-state index contributed by atoms with van der Waals surface area (Å²) < 4.78 is 5.39. The zero-order valence-electron chi connectivity index (χ0n) is 6.79. The first-order valence-corrected chi connectivity index (χ1v) is 3.52. The molecular formula is C9H11O2Y-. The summed E-state index contributed by atoms with van der Waals surface area (Å²) in [6.07, 6.45) is 3.25. The monoisotopic (exact) mass is 240 g/mol. The summed E-state index contributed by atoms with van der Waals surface area (Å²) in [7, 11) is 0. The molecule has 1 aliphatic heterocycles. The van der Waals surface area contributed by atoms with Gasteiger partial charge < -0.3 is 10.2 Å². The van der Waals surface area contributed by atoms with Gasteiger partial charge in [0, 0.05) is 38.5 Å². The van der Waals surface area contributed by atoms with E-state index in [0.29, 0.717) is 0 Å². The Hall–Kier alpha value is -0.0461. The number of rotatable bonds is 0. The molecule has 63 valence electrons. The Kier molecular flexibility index (Phi) is 5.55. The van der Waals surface area contributed by atoms with Gasteiger partial charge in [-0.1, -0.05) is 12.1 Å². The van der Waals surface area contributed by atoms with Crippen LogP contribution in [-0.2, 0) is 32.7 Å². The molecule has 0 unspecified atom stereocenters. The predicted octanol–water partition coefficient (Wildman–Crippen LogP) is 1.19. The minimum Gasteiger partial charge on any atom is -0.551 e. The van der Waals surface area contributed by atoms with Crippen LogP contribution in [0.25, 0.3) is 0 Å². The molecule has 2 nitrogen and oxygen atoms in total. The first kappa shape index (κ1) is 12.0. The van der Waals surface area contributed by atoms with Crippen LogP contribution in [0.15, 0.2) is 24.3 Å². The third-order valence-corrected chi connectivity index (χ3v) is 1.66. The average molecular weight is 240 g/mol. The molecule has 0 saturated heterocycles. The number of hydrogen-bond donors (Lipinski definition) is 0. The third-order valence-electron chi connectivity index (χ3n) is 1.66. The second kappa shape index (κ2) is 5.57. The molecule has 1 aliphatic rings. The van der Waals surface area contributed by atoms with Crippen molar-refractivity contribution in [3.05, 3.63) is 36.2 Å². The maximum Gasteiger partial charge on any atom is 0.0645 e. The van der Waals surface area contributed by atoms with Crippen molar-refractivity contribution in [2.75, 3.05) is 6.61 Å². The van der Waals surface area contributed by atoms with Crippen molar-refractivity contribution in [3.8, 4) is 5.75 Å².